The Morgan fingerprint density at radius 2 is 2.00 bits per heavy atom. The van der Waals surface area contributed by atoms with Crippen molar-refractivity contribution < 1.29 is 14.3 Å². The molecule has 0 amide bonds. The van der Waals surface area contributed by atoms with Gasteiger partial charge in [-0.25, -0.2) is 14.8 Å². The molecule has 2 aromatic heterocycles. The molecule has 1 aliphatic heterocycles. The van der Waals surface area contributed by atoms with E-state index in [-0.39, 0.29) is 5.56 Å². The van der Waals surface area contributed by atoms with Crippen LogP contribution in [0.4, 0.5) is 5.82 Å². The number of piperidine rings is 1. The minimum atomic E-state index is -1.000. The number of carbonyl (C=O) groups is 1. The first-order chi connectivity index (χ1) is 9.97. The lowest BCUT2D eigenvalue weighted by Gasteiger charge is -2.35. The van der Waals surface area contributed by atoms with Gasteiger partial charge in [0, 0.05) is 13.1 Å². The molecule has 0 radical (unpaired) electrons. The van der Waals surface area contributed by atoms with Gasteiger partial charge in [-0.3, -0.25) is 0 Å². The van der Waals surface area contributed by atoms with E-state index in [2.05, 4.69) is 28.7 Å². The van der Waals surface area contributed by atoms with E-state index in [1.807, 2.05) is 0 Å². The van der Waals surface area contributed by atoms with E-state index in [0.29, 0.717) is 34.5 Å². The lowest BCUT2D eigenvalue weighted by atomic mass is 9.92. The lowest BCUT2D eigenvalue weighted by molar-refractivity contribution is 0.0697. The molecule has 3 rings (SSSR count). The first-order valence-electron chi connectivity index (χ1n) is 7.19. The van der Waals surface area contributed by atoms with E-state index in [1.165, 1.54) is 12.7 Å². The van der Waals surface area contributed by atoms with Crippen LogP contribution in [0, 0.1) is 18.8 Å². The zero-order valence-electron chi connectivity index (χ0n) is 12.5. The zero-order valence-corrected chi connectivity index (χ0v) is 12.5. The number of anilines is 1. The quantitative estimate of drug-likeness (QED) is 0.915. The number of aromatic carboxylic acids is 1. The van der Waals surface area contributed by atoms with Crippen LogP contribution in [0.15, 0.2) is 10.7 Å². The number of hydrogen-bond acceptors (Lipinski definition) is 5. The van der Waals surface area contributed by atoms with Crippen LogP contribution in [-0.4, -0.2) is 34.1 Å². The van der Waals surface area contributed by atoms with Gasteiger partial charge in [-0.2, -0.15) is 0 Å². The van der Waals surface area contributed by atoms with E-state index < -0.39 is 5.97 Å². The Morgan fingerprint density at radius 3 is 2.62 bits per heavy atom. The van der Waals surface area contributed by atoms with E-state index in [4.69, 9.17) is 4.42 Å². The molecule has 2 aromatic rings. The Hall–Kier alpha value is -2.11. The normalized spacial score (nSPS) is 22.7. The van der Waals surface area contributed by atoms with Gasteiger partial charge in [-0.15, -0.1) is 0 Å². The smallest absolute Gasteiger partial charge is 0.340 e. The fraction of sp³-hybridized carbons (Fsp3) is 0.533. The van der Waals surface area contributed by atoms with Gasteiger partial charge in [0.15, 0.2) is 0 Å². The highest BCUT2D eigenvalue weighted by Crippen LogP contribution is 2.34. The molecule has 0 bridgehead atoms. The first kappa shape index (κ1) is 13.9. The summed E-state index contributed by atoms with van der Waals surface area (Å²) < 4.78 is 5.49. The number of hydrogen-bond donors (Lipinski definition) is 1. The van der Waals surface area contributed by atoms with Crippen molar-refractivity contribution in [3.05, 3.63) is 17.7 Å². The van der Waals surface area contributed by atoms with Crippen molar-refractivity contribution in [3.8, 4) is 0 Å². The second kappa shape index (κ2) is 5.02. The van der Waals surface area contributed by atoms with Gasteiger partial charge in [0.25, 0.3) is 0 Å². The van der Waals surface area contributed by atoms with Crippen LogP contribution in [0.3, 0.4) is 0 Å². The zero-order chi connectivity index (χ0) is 15.1. The van der Waals surface area contributed by atoms with Gasteiger partial charge in [0.2, 0.25) is 5.71 Å². The molecule has 112 valence electrons. The molecular formula is C15H19N3O3. The van der Waals surface area contributed by atoms with Crippen molar-refractivity contribution in [1.82, 2.24) is 9.97 Å². The summed E-state index contributed by atoms with van der Waals surface area (Å²) in [4.78, 5) is 22.1. The summed E-state index contributed by atoms with van der Waals surface area (Å²) in [5.74, 6) is 1.16. The number of aryl methyl sites for hydroxylation is 1. The van der Waals surface area contributed by atoms with Crippen molar-refractivity contribution in [2.75, 3.05) is 18.0 Å². The van der Waals surface area contributed by atoms with Gasteiger partial charge in [-0.1, -0.05) is 13.8 Å². The number of carboxylic acid groups (broad SMARTS) is 1. The highest BCUT2D eigenvalue weighted by Gasteiger charge is 2.28. The molecule has 2 atom stereocenters. The monoisotopic (exact) mass is 289 g/mol. The van der Waals surface area contributed by atoms with Gasteiger partial charge < -0.3 is 14.4 Å². The molecule has 21 heavy (non-hydrogen) atoms. The Balaban J connectivity index is 2.16. The number of fused-ring (bicyclic) bond motifs is 1. The largest absolute Gasteiger partial charge is 0.478 e. The maximum absolute atomic E-state index is 11.5. The molecular weight excluding hydrogens is 270 g/mol. The predicted molar refractivity (Wildman–Crippen MR) is 78.7 cm³/mol. The summed E-state index contributed by atoms with van der Waals surface area (Å²) in [7, 11) is 0. The van der Waals surface area contributed by atoms with Gasteiger partial charge in [-0.05, 0) is 25.2 Å². The van der Waals surface area contributed by atoms with Crippen LogP contribution in [0.1, 0.15) is 36.4 Å². The van der Waals surface area contributed by atoms with Crippen LogP contribution in [0.2, 0.25) is 0 Å². The number of carboxylic acids is 1. The summed E-state index contributed by atoms with van der Waals surface area (Å²) in [5, 5.41) is 9.96. The first-order valence-corrected chi connectivity index (χ1v) is 7.19. The molecule has 6 heteroatoms. The average molecular weight is 289 g/mol. The van der Waals surface area contributed by atoms with Crippen LogP contribution in [-0.2, 0) is 0 Å². The van der Waals surface area contributed by atoms with Crippen molar-refractivity contribution in [2.24, 2.45) is 11.8 Å². The molecule has 0 spiro atoms. The second-order valence-electron chi connectivity index (χ2n) is 6.07. The summed E-state index contributed by atoms with van der Waals surface area (Å²) in [6.45, 7) is 7.81. The van der Waals surface area contributed by atoms with Crippen molar-refractivity contribution in [2.45, 2.75) is 27.2 Å². The molecule has 1 fully saturated rings. The van der Waals surface area contributed by atoms with E-state index in [1.54, 1.807) is 6.92 Å². The van der Waals surface area contributed by atoms with Crippen LogP contribution < -0.4 is 4.90 Å². The van der Waals surface area contributed by atoms with Gasteiger partial charge in [0.1, 0.15) is 23.5 Å². The second-order valence-corrected chi connectivity index (χ2v) is 6.07. The Morgan fingerprint density at radius 1 is 1.33 bits per heavy atom. The maximum atomic E-state index is 11.5. The fourth-order valence-corrected chi connectivity index (χ4v) is 3.36. The summed E-state index contributed by atoms with van der Waals surface area (Å²) in [6, 6.07) is 0. The van der Waals surface area contributed by atoms with Gasteiger partial charge in [0.05, 0.1) is 5.39 Å². The molecule has 6 nitrogen and oxygen atoms in total. The SMILES string of the molecule is Cc1oc2ncnc(N3CC(C)CC(C)C3)c2c1C(=O)O. The maximum Gasteiger partial charge on any atom is 0.340 e. The summed E-state index contributed by atoms with van der Waals surface area (Å²) in [6.07, 6.45) is 2.62. The van der Waals surface area contributed by atoms with Crippen LogP contribution >= 0.6 is 0 Å². The fourth-order valence-electron chi connectivity index (χ4n) is 3.36. The highest BCUT2D eigenvalue weighted by molar-refractivity contribution is 6.07. The molecule has 1 N–H and O–H groups in total. The van der Waals surface area contributed by atoms with E-state index >= 15 is 0 Å². The minimum absolute atomic E-state index is 0.173. The van der Waals surface area contributed by atoms with Crippen molar-refractivity contribution >= 4 is 22.9 Å². The summed E-state index contributed by atoms with van der Waals surface area (Å²) >= 11 is 0. The van der Waals surface area contributed by atoms with Gasteiger partial charge >= 0.3 is 5.97 Å². The molecule has 2 unspecified atom stereocenters. The molecule has 0 saturated carbocycles. The number of aromatic nitrogens is 2. The average Bonchev–Trinajstić information content (AvgIpc) is 2.73. The number of nitrogens with zero attached hydrogens (tertiary/aromatic N) is 3. The Bertz CT molecular complexity index is 685. The topological polar surface area (TPSA) is 79.5 Å². The minimum Gasteiger partial charge on any atom is -0.478 e. The molecule has 3 heterocycles. The third kappa shape index (κ3) is 2.34. The number of rotatable bonds is 2. The molecule has 1 aliphatic rings. The Kier molecular flexibility index (Phi) is 3.31. The van der Waals surface area contributed by atoms with Crippen molar-refractivity contribution in [1.29, 1.82) is 0 Å². The van der Waals surface area contributed by atoms with Crippen LogP contribution in [0.5, 0.6) is 0 Å². The van der Waals surface area contributed by atoms with E-state index in [0.717, 1.165) is 13.1 Å². The molecule has 1 saturated heterocycles. The standard InChI is InChI=1S/C15H19N3O3/c1-8-4-9(2)6-18(5-8)13-12-11(15(19)20)10(3)21-14(12)17-7-16-13/h7-9H,4-6H2,1-3H3,(H,19,20). The highest BCUT2D eigenvalue weighted by atomic mass is 16.4. The third-order valence-corrected chi connectivity index (χ3v) is 4.03. The van der Waals surface area contributed by atoms with Crippen LogP contribution in [0.25, 0.3) is 11.1 Å². The number of furan rings is 1. The lowest BCUT2D eigenvalue weighted by Crippen LogP contribution is -2.39. The van der Waals surface area contributed by atoms with E-state index in [9.17, 15) is 9.90 Å². The van der Waals surface area contributed by atoms with Crippen molar-refractivity contribution in [3.63, 3.8) is 0 Å². The predicted octanol–water partition coefficient (Wildman–Crippen LogP) is 2.71. The Labute approximate surface area is 122 Å². The third-order valence-electron chi connectivity index (χ3n) is 4.03. The molecule has 0 aromatic carbocycles. The molecule has 0 aliphatic carbocycles. The summed E-state index contributed by atoms with van der Waals surface area (Å²) in [5.41, 5.74) is 0.521.